The highest BCUT2D eigenvalue weighted by atomic mass is 16.5. The fourth-order valence-electron chi connectivity index (χ4n) is 8.76. The lowest BCUT2D eigenvalue weighted by atomic mass is 9.49. The Hall–Kier alpha value is -0.790. The molecular formula is C29H48O2. The van der Waals surface area contributed by atoms with Crippen LogP contribution in [0.2, 0.25) is 0 Å². The molecule has 2 nitrogen and oxygen atoms in total. The first-order chi connectivity index (χ1) is 14.7. The van der Waals surface area contributed by atoms with Crippen LogP contribution in [0.3, 0.4) is 0 Å². The van der Waals surface area contributed by atoms with E-state index < -0.39 is 0 Å². The highest BCUT2D eigenvalue weighted by Gasteiger charge is 2.57. The molecule has 0 N–H and O–H groups in total. The SMILES string of the molecule is CC(=O)O[C@H]1CC[C@H]2[C@@H](CC[C@@H]3[C@H]2CC[C@@]2(C)[C@@H]3CC[C@@H]2[C@H](C)/C=C/[C@H](C)C(C)C)C1. The van der Waals surface area contributed by atoms with Crippen LogP contribution in [-0.4, -0.2) is 12.1 Å². The van der Waals surface area contributed by atoms with Crippen molar-refractivity contribution in [2.45, 2.75) is 105 Å². The second-order valence-corrected chi connectivity index (χ2v) is 12.6. The molecule has 4 rings (SSSR count). The van der Waals surface area contributed by atoms with E-state index in [1.165, 1.54) is 44.9 Å². The molecule has 0 spiro atoms. The Morgan fingerprint density at radius 3 is 2.35 bits per heavy atom. The number of allylic oxidation sites excluding steroid dienone is 2. The van der Waals surface area contributed by atoms with E-state index in [0.29, 0.717) is 17.3 Å². The Morgan fingerprint density at radius 1 is 0.903 bits per heavy atom. The van der Waals surface area contributed by atoms with Gasteiger partial charge in [0, 0.05) is 6.92 Å². The average Bonchev–Trinajstić information content (AvgIpc) is 3.08. The van der Waals surface area contributed by atoms with Crippen molar-refractivity contribution in [2.24, 2.45) is 58.7 Å². The predicted octanol–water partition coefficient (Wildman–Crippen LogP) is 7.67. The summed E-state index contributed by atoms with van der Waals surface area (Å²) in [6.07, 6.45) is 17.4. The first-order valence-electron chi connectivity index (χ1n) is 13.6. The molecular weight excluding hydrogens is 380 g/mol. The molecule has 31 heavy (non-hydrogen) atoms. The zero-order valence-electron chi connectivity index (χ0n) is 21.1. The molecule has 0 unspecified atom stereocenters. The summed E-state index contributed by atoms with van der Waals surface area (Å²) >= 11 is 0. The lowest BCUT2D eigenvalue weighted by Crippen LogP contribution is -2.49. The van der Waals surface area contributed by atoms with Gasteiger partial charge in [-0.1, -0.05) is 46.8 Å². The molecule has 0 aromatic rings. The van der Waals surface area contributed by atoms with Crippen molar-refractivity contribution < 1.29 is 9.53 Å². The summed E-state index contributed by atoms with van der Waals surface area (Å²) in [5, 5.41) is 0. The molecule has 4 saturated carbocycles. The summed E-state index contributed by atoms with van der Waals surface area (Å²) in [6, 6.07) is 0. The predicted molar refractivity (Wildman–Crippen MR) is 128 cm³/mol. The van der Waals surface area contributed by atoms with Gasteiger partial charge in [0.1, 0.15) is 6.10 Å². The summed E-state index contributed by atoms with van der Waals surface area (Å²) < 4.78 is 5.61. The van der Waals surface area contributed by atoms with Crippen molar-refractivity contribution in [2.75, 3.05) is 0 Å². The Kier molecular flexibility index (Phi) is 6.95. The zero-order chi connectivity index (χ0) is 22.3. The van der Waals surface area contributed by atoms with Crippen molar-refractivity contribution in [3.05, 3.63) is 12.2 Å². The highest BCUT2D eigenvalue weighted by Crippen LogP contribution is 2.65. The van der Waals surface area contributed by atoms with Gasteiger partial charge in [0.15, 0.2) is 0 Å². The van der Waals surface area contributed by atoms with Crippen LogP contribution in [0.25, 0.3) is 0 Å². The molecule has 0 aromatic heterocycles. The van der Waals surface area contributed by atoms with Gasteiger partial charge in [-0.3, -0.25) is 4.79 Å². The lowest BCUT2D eigenvalue weighted by Gasteiger charge is -2.56. The van der Waals surface area contributed by atoms with E-state index >= 15 is 0 Å². The number of fused-ring (bicyclic) bond motifs is 5. The van der Waals surface area contributed by atoms with E-state index in [1.807, 2.05) is 0 Å². The van der Waals surface area contributed by atoms with Crippen LogP contribution < -0.4 is 0 Å². The smallest absolute Gasteiger partial charge is 0.302 e. The van der Waals surface area contributed by atoms with E-state index in [4.69, 9.17) is 4.74 Å². The van der Waals surface area contributed by atoms with Crippen LogP contribution in [0, 0.1) is 58.7 Å². The Balaban J connectivity index is 1.42. The molecule has 0 aromatic carbocycles. The van der Waals surface area contributed by atoms with Gasteiger partial charge in [0.2, 0.25) is 0 Å². The first-order valence-corrected chi connectivity index (χ1v) is 13.6. The number of hydrogen-bond donors (Lipinski definition) is 0. The molecule has 10 atom stereocenters. The fraction of sp³-hybridized carbons (Fsp3) is 0.897. The van der Waals surface area contributed by atoms with Crippen LogP contribution in [-0.2, 0) is 9.53 Å². The topological polar surface area (TPSA) is 26.3 Å². The zero-order valence-corrected chi connectivity index (χ0v) is 21.1. The number of rotatable bonds is 5. The van der Waals surface area contributed by atoms with Gasteiger partial charge in [-0.2, -0.15) is 0 Å². The third kappa shape index (κ3) is 4.51. The molecule has 176 valence electrons. The van der Waals surface area contributed by atoms with Crippen molar-refractivity contribution >= 4 is 5.97 Å². The highest BCUT2D eigenvalue weighted by molar-refractivity contribution is 5.66. The molecule has 0 heterocycles. The normalized spacial score (nSPS) is 44.4. The van der Waals surface area contributed by atoms with Gasteiger partial charge in [0.05, 0.1) is 0 Å². The molecule has 0 aliphatic heterocycles. The number of ether oxygens (including phenoxy) is 1. The van der Waals surface area contributed by atoms with E-state index in [9.17, 15) is 4.79 Å². The second kappa shape index (κ2) is 9.22. The van der Waals surface area contributed by atoms with Crippen LogP contribution in [0.1, 0.15) is 99.3 Å². The van der Waals surface area contributed by atoms with E-state index in [1.54, 1.807) is 6.92 Å². The lowest BCUT2D eigenvalue weighted by molar-refractivity contribution is -0.152. The minimum atomic E-state index is -0.0893. The maximum Gasteiger partial charge on any atom is 0.302 e. The number of carbonyl (C=O) groups is 1. The quantitative estimate of drug-likeness (QED) is 0.332. The van der Waals surface area contributed by atoms with E-state index in [-0.39, 0.29) is 12.1 Å². The standard InChI is InChI=1S/C29H48O2/c1-18(2)19(3)7-8-20(4)27-13-14-28-26-11-9-22-17-23(31-21(5)30)10-12-24(22)25(26)15-16-29(27,28)6/h7-8,18-20,22-28H,9-17H2,1-6H3/b8-7+/t19-,20+,22-,23-,24-,25-,26+,27+,28+,29+/m0/s1. The molecule has 4 fully saturated rings. The second-order valence-electron chi connectivity index (χ2n) is 12.6. The maximum absolute atomic E-state index is 11.4. The monoisotopic (exact) mass is 428 g/mol. The van der Waals surface area contributed by atoms with Gasteiger partial charge >= 0.3 is 5.97 Å². The average molecular weight is 429 g/mol. The van der Waals surface area contributed by atoms with Crippen LogP contribution in [0.15, 0.2) is 12.2 Å². The van der Waals surface area contributed by atoms with Crippen molar-refractivity contribution in [3.63, 3.8) is 0 Å². The Morgan fingerprint density at radius 2 is 1.65 bits per heavy atom. The summed E-state index contributed by atoms with van der Waals surface area (Å²) in [6.45, 7) is 13.8. The Labute approximate surface area is 192 Å². The first kappa shape index (κ1) is 23.4. The minimum Gasteiger partial charge on any atom is -0.463 e. The maximum atomic E-state index is 11.4. The van der Waals surface area contributed by atoms with Gasteiger partial charge in [-0.25, -0.2) is 0 Å². The van der Waals surface area contributed by atoms with Gasteiger partial charge < -0.3 is 4.74 Å². The van der Waals surface area contributed by atoms with Crippen molar-refractivity contribution in [3.8, 4) is 0 Å². The van der Waals surface area contributed by atoms with Gasteiger partial charge in [0.25, 0.3) is 0 Å². The molecule has 4 aliphatic carbocycles. The number of carbonyl (C=O) groups excluding carboxylic acids is 1. The third-order valence-electron chi connectivity index (χ3n) is 10.7. The minimum absolute atomic E-state index is 0.0893. The molecule has 4 aliphatic rings. The Bertz CT molecular complexity index is 666. The molecule has 0 saturated heterocycles. The largest absolute Gasteiger partial charge is 0.463 e. The number of esters is 1. The summed E-state index contributed by atoms with van der Waals surface area (Å²) in [5.74, 6) is 7.46. The van der Waals surface area contributed by atoms with Crippen LogP contribution in [0.5, 0.6) is 0 Å². The van der Waals surface area contributed by atoms with Gasteiger partial charge in [-0.05, 0) is 116 Å². The molecule has 0 amide bonds. The van der Waals surface area contributed by atoms with Crippen molar-refractivity contribution in [1.29, 1.82) is 0 Å². The summed E-state index contributed by atoms with van der Waals surface area (Å²) in [7, 11) is 0. The summed E-state index contributed by atoms with van der Waals surface area (Å²) in [4.78, 5) is 11.4. The summed E-state index contributed by atoms with van der Waals surface area (Å²) in [5.41, 5.74) is 0.549. The van der Waals surface area contributed by atoms with E-state index in [0.717, 1.165) is 54.3 Å². The van der Waals surface area contributed by atoms with Crippen molar-refractivity contribution in [1.82, 2.24) is 0 Å². The van der Waals surface area contributed by atoms with Crippen LogP contribution in [0.4, 0.5) is 0 Å². The van der Waals surface area contributed by atoms with E-state index in [2.05, 4.69) is 46.8 Å². The molecule has 2 heteroatoms. The molecule has 0 bridgehead atoms. The van der Waals surface area contributed by atoms with Crippen LogP contribution >= 0.6 is 0 Å². The number of hydrogen-bond acceptors (Lipinski definition) is 2. The van der Waals surface area contributed by atoms with Gasteiger partial charge in [-0.15, -0.1) is 0 Å². The fourth-order valence-corrected chi connectivity index (χ4v) is 8.76. The molecule has 0 radical (unpaired) electrons. The third-order valence-corrected chi connectivity index (χ3v) is 10.7.